The van der Waals surface area contributed by atoms with Crippen LogP contribution in [0.2, 0.25) is 0 Å². The van der Waals surface area contributed by atoms with Gasteiger partial charge in [-0.3, -0.25) is 19.7 Å². The van der Waals surface area contributed by atoms with Gasteiger partial charge in [0, 0.05) is 49.4 Å². The van der Waals surface area contributed by atoms with Crippen LogP contribution in [0.1, 0.15) is 60.4 Å². The van der Waals surface area contributed by atoms with Crippen molar-refractivity contribution in [3.8, 4) is 0 Å². The molecule has 0 aromatic carbocycles. The highest BCUT2D eigenvalue weighted by molar-refractivity contribution is 5.94. The number of aromatic amines is 1. The minimum Gasteiger partial charge on any atom is -0.381 e. The predicted octanol–water partition coefficient (Wildman–Crippen LogP) is 2.44. The molecule has 1 fully saturated rings. The minimum atomic E-state index is -0.387. The number of aromatic nitrogens is 4. The maximum atomic E-state index is 12.7. The van der Waals surface area contributed by atoms with Crippen molar-refractivity contribution < 1.29 is 9.53 Å². The zero-order valence-electron chi connectivity index (χ0n) is 16.6. The van der Waals surface area contributed by atoms with Crippen molar-refractivity contribution in [3.63, 3.8) is 0 Å². The third-order valence-corrected chi connectivity index (χ3v) is 5.35. The van der Waals surface area contributed by atoms with E-state index in [1.807, 2.05) is 19.9 Å². The van der Waals surface area contributed by atoms with Gasteiger partial charge in [-0.1, -0.05) is 13.8 Å². The fraction of sp³-hybridized carbons (Fsp3) is 0.429. The summed E-state index contributed by atoms with van der Waals surface area (Å²) in [4.78, 5) is 34.0. The summed E-state index contributed by atoms with van der Waals surface area (Å²) in [5, 5.41) is 6.18. The van der Waals surface area contributed by atoms with Crippen LogP contribution in [0.15, 0.2) is 41.5 Å². The molecule has 3 aromatic rings. The Kier molecular flexibility index (Phi) is 5.44. The van der Waals surface area contributed by atoms with E-state index in [-0.39, 0.29) is 23.4 Å². The fourth-order valence-corrected chi connectivity index (χ4v) is 3.71. The lowest BCUT2D eigenvalue weighted by atomic mass is 9.97. The van der Waals surface area contributed by atoms with Crippen LogP contribution in [0, 0.1) is 5.92 Å². The van der Waals surface area contributed by atoms with E-state index in [2.05, 4.69) is 20.4 Å². The Morgan fingerprint density at radius 1 is 1.31 bits per heavy atom. The van der Waals surface area contributed by atoms with E-state index in [4.69, 9.17) is 4.74 Å². The first kappa shape index (κ1) is 19.3. The highest BCUT2D eigenvalue weighted by Crippen LogP contribution is 2.26. The number of hydrogen-bond donors (Lipinski definition) is 2. The number of nitrogens with one attached hydrogen (secondary N) is 2. The summed E-state index contributed by atoms with van der Waals surface area (Å²) in [5.74, 6) is 0.147. The van der Waals surface area contributed by atoms with E-state index in [9.17, 15) is 9.59 Å². The van der Waals surface area contributed by atoms with Gasteiger partial charge in [-0.25, -0.2) is 9.50 Å². The van der Waals surface area contributed by atoms with Crippen molar-refractivity contribution in [2.24, 2.45) is 5.92 Å². The number of ether oxygens (including phenoxy) is 1. The normalized spacial score (nSPS) is 16.2. The molecule has 2 N–H and O–H groups in total. The smallest absolute Gasteiger partial charge is 0.272 e. The molecule has 3 aromatic heterocycles. The van der Waals surface area contributed by atoms with Crippen molar-refractivity contribution in [3.05, 3.63) is 64.0 Å². The lowest BCUT2D eigenvalue weighted by Gasteiger charge is -2.21. The highest BCUT2D eigenvalue weighted by atomic mass is 16.5. The predicted molar refractivity (Wildman–Crippen MR) is 108 cm³/mol. The molecule has 0 saturated carbocycles. The SMILES string of the molecule is CC(C)[C@H](NC(=O)c1cccnc1)c1cc(=O)n2[nH]c(C3CCOCC3)cc2n1. The van der Waals surface area contributed by atoms with Gasteiger partial charge >= 0.3 is 0 Å². The Labute approximate surface area is 168 Å². The van der Waals surface area contributed by atoms with Gasteiger partial charge < -0.3 is 10.1 Å². The fourth-order valence-electron chi connectivity index (χ4n) is 3.71. The van der Waals surface area contributed by atoms with E-state index in [1.54, 1.807) is 18.3 Å². The second-order valence-corrected chi connectivity index (χ2v) is 7.75. The summed E-state index contributed by atoms with van der Waals surface area (Å²) in [5.41, 5.74) is 2.40. The van der Waals surface area contributed by atoms with Crippen LogP contribution in [-0.4, -0.2) is 38.7 Å². The van der Waals surface area contributed by atoms with Crippen molar-refractivity contribution in [2.75, 3.05) is 13.2 Å². The molecule has 1 saturated heterocycles. The van der Waals surface area contributed by atoms with Gasteiger partial charge in [0.05, 0.1) is 17.3 Å². The number of carbonyl (C=O) groups is 1. The number of fused-ring (bicyclic) bond motifs is 1. The van der Waals surface area contributed by atoms with Gasteiger partial charge in [0.25, 0.3) is 11.5 Å². The van der Waals surface area contributed by atoms with E-state index in [0.29, 0.717) is 22.8 Å². The molecule has 29 heavy (non-hydrogen) atoms. The molecular formula is C21H25N5O3. The maximum Gasteiger partial charge on any atom is 0.272 e. The van der Waals surface area contributed by atoms with Crippen molar-refractivity contribution in [2.45, 2.75) is 38.6 Å². The molecule has 4 heterocycles. The molecule has 4 rings (SSSR count). The van der Waals surface area contributed by atoms with Crippen LogP contribution in [0.3, 0.4) is 0 Å². The van der Waals surface area contributed by atoms with E-state index in [1.165, 1.54) is 16.8 Å². The lowest BCUT2D eigenvalue weighted by Crippen LogP contribution is -2.33. The van der Waals surface area contributed by atoms with E-state index < -0.39 is 0 Å². The molecule has 0 bridgehead atoms. The van der Waals surface area contributed by atoms with Gasteiger partial charge in [-0.05, 0) is 30.9 Å². The lowest BCUT2D eigenvalue weighted by molar-refractivity contribution is 0.0844. The third-order valence-electron chi connectivity index (χ3n) is 5.35. The van der Waals surface area contributed by atoms with Gasteiger partial charge in [0.15, 0.2) is 5.65 Å². The summed E-state index contributed by atoms with van der Waals surface area (Å²) >= 11 is 0. The zero-order valence-corrected chi connectivity index (χ0v) is 16.6. The Balaban J connectivity index is 1.65. The molecule has 0 spiro atoms. The van der Waals surface area contributed by atoms with Crippen LogP contribution in [-0.2, 0) is 4.74 Å². The first-order valence-corrected chi connectivity index (χ1v) is 9.94. The second-order valence-electron chi connectivity index (χ2n) is 7.75. The monoisotopic (exact) mass is 395 g/mol. The summed E-state index contributed by atoms with van der Waals surface area (Å²) in [6.45, 7) is 5.43. The summed E-state index contributed by atoms with van der Waals surface area (Å²) < 4.78 is 6.89. The van der Waals surface area contributed by atoms with Crippen LogP contribution >= 0.6 is 0 Å². The molecule has 1 aliphatic rings. The first-order chi connectivity index (χ1) is 14.0. The second kappa shape index (κ2) is 8.16. The molecule has 0 radical (unpaired) electrons. The number of amides is 1. The molecule has 1 amide bonds. The number of pyridine rings is 1. The van der Waals surface area contributed by atoms with Crippen LogP contribution < -0.4 is 10.9 Å². The maximum absolute atomic E-state index is 12.7. The topological polar surface area (TPSA) is 101 Å². The molecule has 0 aliphatic carbocycles. The Hall–Kier alpha value is -3.00. The van der Waals surface area contributed by atoms with Crippen molar-refractivity contribution in [1.29, 1.82) is 0 Å². The Morgan fingerprint density at radius 3 is 2.79 bits per heavy atom. The van der Waals surface area contributed by atoms with Gasteiger partial charge in [0.1, 0.15) is 0 Å². The molecule has 8 nitrogen and oxygen atoms in total. The average Bonchev–Trinajstić information content (AvgIpc) is 3.18. The van der Waals surface area contributed by atoms with Gasteiger partial charge in [0.2, 0.25) is 0 Å². The summed E-state index contributed by atoms with van der Waals surface area (Å²) in [6.07, 6.45) is 4.98. The molecular weight excluding hydrogens is 370 g/mol. The molecule has 1 atom stereocenters. The number of carbonyl (C=O) groups excluding carboxylic acids is 1. The van der Waals surface area contributed by atoms with Gasteiger partial charge in [-0.2, -0.15) is 0 Å². The zero-order chi connectivity index (χ0) is 20.4. The van der Waals surface area contributed by atoms with Crippen molar-refractivity contribution in [1.82, 2.24) is 24.9 Å². The first-order valence-electron chi connectivity index (χ1n) is 9.94. The molecule has 0 unspecified atom stereocenters. The standard InChI is InChI=1S/C21H25N5O3/c1-13(2)20(24-21(28)15-4-3-7-22-12-15)17-11-19(27)26-18(23-17)10-16(25-26)14-5-8-29-9-6-14/h3-4,7,10-14,20,25H,5-6,8-9H2,1-2H3,(H,24,28)/t20-/m0/s1. The van der Waals surface area contributed by atoms with E-state index >= 15 is 0 Å². The number of H-pyrrole nitrogens is 1. The molecule has 8 heteroatoms. The van der Waals surface area contributed by atoms with E-state index in [0.717, 1.165) is 31.7 Å². The number of hydrogen-bond acceptors (Lipinski definition) is 5. The Bertz CT molecular complexity index is 1050. The summed E-state index contributed by atoms with van der Waals surface area (Å²) in [6, 6.07) is 6.46. The van der Waals surface area contributed by atoms with Gasteiger partial charge in [-0.15, -0.1) is 0 Å². The molecule has 152 valence electrons. The van der Waals surface area contributed by atoms with Crippen LogP contribution in [0.25, 0.3) is 5.65 Å². The quantitative estimate of drug-likeness (QED) is 0.691. The number of nitrogens with zero attached hydrogens (tertiary/aromatic N) is 3. The van der Waals surface area contributed by atoms with Crippen LogP contribution in [0.5, 0.6) is 0 Å². The van der Waals surface area contributed by atoms with Crippen LogP contribution in [0.4, 0.5) is 0 Å². The largest absolute Gasteiger partial charge is 0.381 e. The number of rotatable bonds is 5. The minimum absolute atomic E-state index is 0.0545. The Morgan fingerprint density at radius 2 is 2.10 bits per heavy atom. The van der Waals surface area contributed by atoms with Crippen molar-refractivity contribution >= 4 is 11.6 Å². The average molecular weight is 395 g/mol. The summed E-state index contributed by atoms with van der Waals surface area (Å²) in [7, 11) is 0. The third kappa shape index (κ3) is 4.07. The highest BCUT2D eigenvalue weighted by Gasteiger charge is 2.23. The molecule has 1 aliphatic heterocycles.